The van der Waals surface area contributed by atoms with Crippen LogP contribution in [-0.2, 0) is 22.2 Å². The summed E-state index contributed by atoms with van der Waals surface area (Å²) in [5, 5.41) is 1.08. The second-order valence-corrected chi connectivity index (χ2v) is 12.4. The number of carbonyl (C=O) groups is 1. The molecule has 0 atom stereocenters. The van der Waals surface area contributed by atoms with Crippen molar-refractivity contribution in [2.45, 2.75) is 32.5 Å². The predicted octanol–water partition coefficient (Wildman–Crippen LogP) is 9.52. The van der Waals surface area contributed by atoms with Crippen molar-refractivity contribution in [3.05, 3.63) is 123 Å². The van der Waals surface area contributed by atoms with Gasteiger partial charge in [0.15, 0.2) is 5.78 Å². The predicted molar refractivity (Wildman–Crippen MR) is 188 cm³/mol. The number of aromatic nitrogens is 2. The molecule has 0 aliphatic heterocycles. The van der Waals surface area contributed by atoms with E-state index in [-0.39, 0.29) is 12.3 Å². The number of imidazole rings is 1. The molecule has 6 nitrogen and oxygen atoms in total. The van der Waals surface area contributed by atoms with Crippen LogP contribution in [0.25, 0.3) is 33.9 Å². The molecular weight excluding hydrogens is 674 g/mol. The number of alkyl halides is 3. The molecule has 0 radical (unpaired) electrons. The molecule has 256 valence electrons. The van der Waals surface area contributed by atoms with Crippen molar-refractivity contribution >= 4 is 29.0 Å². The minimum atomic E-state index is -4.54. The molecule has 1 heterocycles. The number of rotatable bonds is 15. The van der Waals surface area contributed by atoms with Gasteiger partial charge in [-0.15, -0.1) is 0 Å². The number of hydrogen-bond donors (Lipinski definition) is 1. The number of aryl methyl sites for hydroxylation is 1. The highest BCUT2D eigenvalue weighted by atomic mass is 35.5. The number of ketones is 1. The van der Waals surface area contributed by atoms with Crippen LogP contribution in [0.4, 0.5) is 13.2 Å². The third-order valence-corrected chi connectivity index (χ3v) is 8.31. The first-order valence-corrected chi connectivity index (χ1v) is 16.6. The van der Waals surface area contributed by atoms with Crippen LogP contribution in [0.2, 0.25) is 10.0 Å². The normalized spacial score (nSPS) is 11.7. The van der Waals surface area contributed by atoms with Crippen LogP contribution >= 0.6 is 23.2 Å². The van der Waals surface area contributed by atoms with Crippen molar-refractivity contribution in [1.82, 2.24) is 9.55 Å². The van der Waals surface area contributed by atoms with E-state index in [4.69, 9.17) is 43.4 Å². The van der Waals surface area contributed by atoms with Gasteiger partial charge in [-0.2, -0.15) is 13.2 Å². The molecule has 0 fully saturated rings. The van der Waals surface area contributed by atoms with E-state index in [1.165, 1.54) is 0 Å². The maximum atomic E-state index is 14.0. The Balaban J connectivity index is 1.50. The van der Waals surface area contributed by atoms with Gasteiger partial charge in [0.1, 0.15) is 5.82 Å². The molecule has 5 rings (SSSR count). The van der Waals surface area contributed by atoms with Gasteiger partial charge in [-0.25, -0.2) is 4.98 Å². The van der Waals surface area contributed by atoms with Crippen LogP contribution < -0.4 is 5.73 Å². The number of carbonyl (C=O) groups excluding carboxylic acids is 1. The van der Waals surface area contributed by atoms with Gasteiger partial charge in [-0.1, -0.05) is 71.7 Å². The summed E-state index contributed by atoms with van der Waals surface area (Å²) >= 11 is 12.4. The lowest BCUT2D eigenvalue weighted by atomic mass is 10.0. The largest absolute Gasteiger partial charge is 0.416 e. The van der Waals surface area contributed by atoms with Gasteiger partial charge in [0.05, 0.1) is 36.8 Å². The van der Waals surface area contributed by atoms with Crippen molar-refractivity contribution in [3.8, 4) is 33.9 Å². The summed E-state index contributed by atoms with van der Waals surface area (Å²) in [7, 11) is 0. The average molecular weight is 711 g/mol. The monoisotopic (exact) mass is 709 g/mol. The van der Waals surface area contributed by atoms with E-state index < -0.39 is 11.7 Å². The fourth-order valence-corrected chi connectivity index (χ4v) is 5.73. The third kappa shape index (κ3) is 9.59. The van der Waals surface area contributed by atoms with Crippen LogP contribution in [0.3, 0.4) is 0 Å². The molecule has 0 saturated carbocycles. The van der Waals surface area contributed by atoms with Gasteiger partial charge in [0, 0.05) is 58.4 Å². The van der Waals surface area contributed by atoms with Crippen LogP contribution in [-0.4, -0.2) is 48.3 Å². The van der Waals surface area contributed by atoms with Crippen molar-refractivity contribution in [3.63, 3.8) is 0 Å². The van der Waals surface area contributed by atoms with E-state index in [0.717, 1.165) is 28.8 Å². The highest BCUT2D eigenvalue weighted by Gasteiger charge is 2.32. The van der Waals surface area contributed by atoms with Crippen molar-refractivity contribution in [2.24, 2.45) is 5.73 Å². The molecular formula is C38H36Cl2F3N3O3. The zero-order valence-electron chi connectivity index (χ0n) is 26.9. The van der Waals surface area contributed by atoms with Gasteiger partial charge in [-0.05, 0) is 66.9 Å². The fraction of sp³-hybridized carbons (Fsp3) is 0.263. The van der Waals surface area contributed by atoms with Gasteiger partial charge in [-0.3, -0.25) is 4.79 Å². The number of benzene rings is 4. The molecule has 0 spiro atoms. The molecule has 11 heteroatoms. The van der Waals surface area contributed by atoms with E-state index in [0.29, 0.717) is 89.8 Å². The number of hydrogen-bond acceptors (Lipinski definition) is 5. The molecule has 4 aromatic carbocycles. The Labute approximate surface area is 293 Å². The van der Waals surface area contributed by atoms with Gasteiger partial charge in [0.25, 0.3) is 0 Å². The zero-order chi connectivity index (χ0) is 35.0. The second kappa shape index (κ2) is 16.6. The number of ether oxygens (including phenoxy) is 2. The van der Waals surface area contributed by atoms with E-state index >= 15 is 0 Å². The Kier molecular flexibility index (Phi) is 12.3. The Hall–Kier alpha value is -3.99. The minimum absolute atomic E-state index is 0.0100. The third-order valence-electron chi connectivity index (χ3n) is 7.81. The maximum absolute atomic E-state index is 14.0. The Morgan fingerprint density at radius 3 is 2.02 bits per heavy atom. The van der Waals surface area contributed by atoms with E-state index in [2.05, 4.69) is 0 Å². The Bertz CT molecular complexity index is 1860. The van der Waals surface area contributed by atoms with Crippen LogP contribution in [0, 0.1) is 6.92 Å². The van der Waals surface area contributed by atoms with Crippen molar-refractivity contribution < 1.29 is 27.4 Å². The van der Waals surface area contributed by atoms with Gasteiger partial charge in [0.2, 0.25) is 0 Å². The number of nitrogens with zero attached hydrogens (tertiary/aromatic N) is 2. The number of nitrogens with two attached hydrogens (primary N) is 1. The molecule has 5 aromatic rings. The molecule has 0 saturated heterocycles. The topological polar surface area (TPSA) is 79.4 Å². The van der Waals surface area contributed by atoms with Crippen molar-refractivity contribution in [1.29, 1.82) is 0 Å². The molecule has 0 unspecified atom stereocenters. The SMILES string of the molecule is Cc1cc(-c2nc(-c3ccc(Cl)cc3)c(-c3ccc(Cl)cc3)n2Cc2ccc(C(=O)CCCOCCOCCN)cc2)cc(C(F)(F)F)c1. The van der Waals surface area contributed by atoms with Gasteiger partial charge >= 0.3 is 6.18 Å². The summed E-state index contributed by atoms with van der Waals surface area (Å²) in [6.45, 7) is 4.18. The highest BCUT2D eigenvalue weighted by molar-refractivity contribution is 6.31. The summed E-state index contributed by atoms with van der Waals surface area (Å²) in [5.41, 5.74) is 9.59. The highest BCUT2D eigenvalue weighted by Crippen LogP contribution is 2.39. The summed E-state index contributed by atoms with van der Waals surface area (Å²) in [4.78, 5) is 17.9. The standard InChI is InChI=1S/C38H36Cl2F3N3O3/c1-25-21-30(23-31(22-25)38(41,42)43)37-45-35(28-8-12-32(39)13-9-28)36(29-10-14-33(40)15-11-29)46(37)24-26-4-6-27(7-5-26)34(47)3-2-17-48-19-20-49-18-16-44/h4-15,21-23H,2-3,16-20,24,44H2,1H3. The lowest BCUT2D eigenvalue weighted by Crippen LogP contribution is -2.12. The summed E-state index contributed by atoms with van der Waals surface area (Å²) in [6.07, 6.45) is -3.64. The lowest BCUT2D eigenvalue weighted by molar-refractivity contribution is -0.137. The zero-order valence-corrected chi connectivity index (χ0v) is 28.4. The van der Waals surface area contributed by atoms with Crippen LogP contribution in [0.15, 0.2) is 91.0 Å². The Morgan fingerprint density at radius 2 is 1.41 bits per heavy atom. The molecule has 0 bridgehead atoms. The van der Waals surface area contributed by atoms with E-state index in [9.17, 15) is 18.0 Å². The summed E-state index contributed by atoms with van der Waals surface area (Å²) < 4.78 is 54.7. The van der Waals surface area contributed by atoms with Crippen molar-refractivity contribution in [2.75, 3.05) is 33.0 Å². The lowest BCUT2D eigenvalue weighted by Gasteiger charge is -2.16. The summed E-state index contributed by atoms with van der Waals surface area (Å²) in [5.74, 6) is 0.349. The number of Topliss-reactive ketones (excluding diaryl/α,β-unsaturated/α-hetero) is 1. The fourth-order valence-electron chi connectivity index (χ4n) is 5.48. The first-order valence-electron chi connectivity index (χ1n) is 15.8. The van der Waals surface area contributed by atoms with E-state index in [1.54, 1.807) is 49.4 Å². The number of halogens is 5. The molecule has 0 amide bonds. The molecule has 0 aliphatic rings. The van der Waals surface area contributed by atoms with Crippen LogP contribution in [0.5, 0.6) is 0 Å². The maximum Gasteiger partial charge on any atom is 0.416 e. The molecule has 1 aromatic heterocycles. The van der Waals surface area contributed by atoms with Gasteiger partial charge < -0.3 is 19.8 Å². The smallest absolute Gasteiger partial charge is 0.379 e. The molecule has 49 heavy (non-hydrogen) atoms. The Morgan fingerprint density at radius 1 is 0.796 bits per heavy atom. The minimum Gasteiger partial charge on any atom is -0.379 e. The molecule has 0 aliphatic carbocycles. The molecule has 2 N–H and O–H groups in total. The second-order valence-electron chi connectivity index (χ2n) is 11.6. The first kappa shape index (κ1) is 36.3. The van der Waals surface area contributed by atoms with E-state index in [1.807, 2.05) is 41.0 Å². The average Bonchev–Trinajstić information content (AvgIpc) is 3.45. The quantitative estimate of drug-likeness (QED) is 0.0865. The van der Waals surface area contributed by atoms with Crippen LogP contribution in [0.1, 0.15) is 39.9 Å². The summed E-state index contributed by atoms with van der Waals surface area (Å²) in [6, 6.07) is 25.6. The first-order chi connectivity index (χ1) is 23.5.